The van der Waals surface area contributed by atoms with Crippen molar-refractivity contribution in [3.63, 3.8) is 0 Å². The maximum absolute atomic E-state index is 11.9. The molecule has 0 fully saturated rings. The molecular formula is C20H14N2O3. The highest BCUT2D eigenvalue weighted by Crippen LogP contribution is 2.31. The van der Waals surface area contributed by atoms with Gasteiger partial charge in [-0.05, 0) is 41.5 Å². The van der Waals surface area contributed by atoms with Crippen molar-refractivity contribution < 1.29 is 9.90 Å². The largest absolute Gasteiger partial charge is 0.478 e. The minimum Gasteiger partial charge on any atom is -0.478 e. The average Bonchev–Trinajstić information content (AvgIpc) is 3.06. The van der Waals surface area contributed by atoms with Crippen LogP contribution in [0, 0.1) is 0 Å². The second kappa shape index (κ2) is 5.87. The topological polar surface area (TPSA) is 71.7 Å². The molecule has 0 saturated carbocycles. The Morgan fingerprint density at radius 1 is 1.00 bits per heavy atom. The number of fused-ring (bicyclic) bond motifs is 1. The van der Waals surface area contributed by atoms with Crippen molar-refractivity contribution in [1.29, 1.82) is 0 Å². The van der Waals surface area contributed by atoms with E-state index in [1.165, 1.54) is 6.07 Å². The first-order chi connectivity index (χ1) is 12.1. The molecule has 1 aliphatic rings. The summed E-state index contributed by atoms with van der Waals surface area (Å²) in [5, 5.41) is 9.31. The van der Waals surface area contributed by atoms with Crippen LogP contribution in [0.2, 0.25) is 0 Å². The molecule has 122 valence electrons. The second-order valence-electron chi connectivity index (χ2n) is 5.80. The van der Waals surface area contributed by atoms with Gasteiger partial charge in [-0.1, -0.05) is 24.3 Å². The van der Waals surface area contributed by atoms with Gasteiger partial charge in [0.1, 0.15) is 0 Å². The number of nitrogens with zero attached hydrogens (tertiary/aromatic N) is 2. The molecule has 1 N–H and O–H groups in total. The van der Waals surface area contributed by atoms with E-state index in [0.29, 0.717) is 17.7 Å². The molecule has 0 spiro atoms. The highest BCUT2D eigenvalue weighted by molar-refractivity contribution is 6.08. The SMILES string of the molecule is O=C(O)c1cccc2c1CC(c1ccc(-n3ccccc3=O)cc1)=N2. The molecule has 4 rings (SSSR count). The van der Waals surface area contributed by atoms with E-state index in [-0.39, 0.29) is 5.56 Å². The van der Waals surface area contributed by atoms with Crippen LogP contribution in [0.15, 0.2) is 76.6 Å². The van der Waals surface area contributed by atoms with Crippen molar-refractivity contribution in [3.05, 3.63) is 93.9 Å². The van der Waals surface area contributed by atoms with Gasteiger partial charge in [0.15, 0.2) is 0 Å². The minimum absolute atomic E-state index is 0.0908. The van der Waals surface area contributed by atoms with Gasteiger partial charge in [-0.2, -0.15) is 0 Å². The third-order valence-corrected chi connectivity index (χ3v) is 4.28. The van der Waals surface area contributed by atoms with Gasteiger partial charge >= 0.3 is 5.97 Å². The molecule has 1 aromatic heterocycles. The third kappa shape index (κ3) is 2.65. The molecule has 0 atom stereocenters. The molecule has 0 saturated heterocycles. The van der Waals surface area contributed by atoms with Crippen molar-refractivity contribution >= 4 is 17.4 Å². The van der Waals surface area contributed by atoms with E-state index in [4.69, 9.17) is 0 Å². The first kappa shape index (κ1) is 15.1. The molecule has 2 heterocycles. The van der Waals surface area contributed by atoms with Crippen LogP contribution in [0.4, 0.5) is 5.69 Å². The van der Waals surface area contributed by atoms with Crippen molar-refractivity contribution in [2.75, 3.05) is 0 Å². The molecule has 0 radical (unpaired) electrons. The third-order valence-electron chi connectivity index (χ3n) is 4.28. The molecule has 1 aliphatic heterocycles. The highest BCUT2D eigenvalue weighted by atomic mass is 16.4. The van der Waals surface area contributed by atoms with E-state index in [9.17, 15) is 14.7 Å². The number of carboxylic acid groups (broad SMARTS) is 1. The fraction of sp³-hybridized carbons (Fsp3) is 0.0500. The summed E-state index contributed by atoms with van der Waals surface area (Å²) >= 11 is 0. The zero-order valence-electron chi connectivity index (χ0n) is 13.2. The van der Waals surface area contributed by atoms with Crippen LogP contribution >= 0.6 is 0 Å². The predicted octanol–water partition coefficient (Wildman–Crippen LogP) is 3.21. The Hall–Kier alpha value is -3.47. The van der Waals surface area contributed by atoms with Gasteiger partial charge < -0.3 is 5.11 Å². The van der Waals surface area contributed by atoms with Gasteiger partial charge in [0.2, 0.25) is 0 Å². The lowest BCUT2D eigenvalue weighted by atomic mass is 10.00. The number of aromatic carboxylic acids is 1. The van der Waals surface area contributed by atoms with Crippen LogP contribution in [0.3, 0.4) is 0 Å². The van der Waals surface area contributed by atoms with Crippen LogP contribution in [0.1, 0.15) is 21.5 Å². The molecule has 0 aliphatic carbocycles. The lowest BCUT2D eigenvalue weighted by molar-refractivity contribution is 0.0696. The van der Waals surface area contributed by atoms with Gasteiger partial charge in [-0.3, -0.25) is 14.4 Å². The molecule has 25 heavy (non-hydrogen) atoms. The van der Waals surface area contributed by atoms with Crippen LogP contribution in [0.5, 0.6) is 0 Å². The first-order valence-electron chi connectivity index (χ1n) is 7.85. The van der Waals surface area contributed by atoms with Crippen molar-refractivity contribution in [2.45, 2.75) is 6.42 Å². The monoisotopic (exact) mass is 330 g/mol. The van der Waals surface area contributed by atoms with Crippen molar-refractivity contribution in [2.24, 2.45) is 4.99 Å². The van der Waals surface area contributed by atoms with Gasteiger partial charge in [0.25, 0.3) is 5.56 Å². The summed E-state index contributed by atoms with van der Waals surface area (Å²) in [6, 6.07) is 17.7. The molecule has 0 unspecified atom stereocenters. The quantitative estimate of drug-likeness (QED) is 0.801. The average molecular weight is 330 g/mol. The number of hydrogen-bond acceptors (Lipinski definition) is 3. The van der Waals surface area contributed by atoms with E-state index >= 15 is 0 Å². The van der Waals surface area contributed by atoms with Crippen molar-refractivity contribution in [3.8, 4) is 5.69 Å². The van der Waals surface area contributed by atoms with E-state index in [2.05, 4.69) is 4.99 Å². The van der Waals surface area contributed by atoms with E-state index in [1.807, 2.05) is 30.3 Å². The standard InChI is InChI=1S/C20H14N2O3/c23-19-6-1-2-11-22(19)14-9-7-13(8-10-14)18-12-16-15(20(24)25)4-3-5-17(16)21-18/h1-11H,12H2,(H,24,25). The van der Waals surface area contributed by atoms with Crippen LogP contribution in [0.25, 0.3) is 5.69 Å². The molecule has 5 nitrogen and oxygen atoms in total. The molecular weight excluding hydrogens is 316 g/mol. The van der Waals surface area contributed by atoms with Crippen molar-refractivity contribution in [1.82, 2.24) is 4.57 Å². The Morgan fingerprint density at radius 2 is 1.80 bits per heavy atom. The van der Waals surface area contributed by atoms with Gasteiger partial charge in [-0.15, -0.1) is 0 Å². The summed E-state index contributed by atoms with van der Waals surface area (Å²) in [5.41, 5.74) is 4.18. The number of aromatic nitrogens is 1. The second-order valence-corrected chi connectivity index (χ2v) is 5.80. The maximum atomic E-state index is 11.9. The molecule has 0 bridgehead atoms. The number of aliphatic imine (C=N–C) groups is 1. The lowest BCUT2D eigenvalue weighted by Crippen LogP contribution is -2.15. The zero-order chi connectivity index (χ0) is 17.4. The molecule has 5 heteroatoms. The van der Waals surface area contributed by atoms with Crippen LogP contribution < -0.4 is 5.56 Å². The van der Waals surface area contributed by atoms with E-state index in [0.717, 1.165) is 22.5 Å². The normalized spacial score (nSPS) is 12.6. The van der Waals surface area contributed by atoms with E-state index in [1.54, 1.807) is 35.0 Å². The summed E-state index contributed by atoms with van der Waals surface area (Å²) < 4.78 is 1.57. The van der Waals surface area contributed by atoms with E-state index < -0.39 is 5.97 Å². The number of carboxylic acids is 1. The fourth-order valence-electron chi connectivity index (χ4n) is 3.04. The summed E-state index contributed by atoms with van der Waals surface area (Å²) in [6.45, 7) is 0. The Kier molecular flexibility index (Phi) is 3.54. The smallest absolute Gasteiger partial charge is 0.336 e. The number of rotatable bonds is 3. The van der Waals surface area contributed by atoms with Crippen LogP contribution in [-0.2, 0) is 6.42 Å². The lowest BCUT2D eigenvalue weighted by Gasteiger charge is -2.07. The number of carbonyl (C=O) groups is 1. The number of hydrogen-bond donors (Lipinski definition) is 1. The summed E-state index contributed by atoms with van der Waals surface area (Å²) in [4.78, 5) is 27.8. The first-order valence-corrected chi connectivity index (χ1v) is 7.85. The molecule has 2 aromatic carbocycles. The van der Waals surface area contributed by atoms with Gasteiger partial charge in [0, 0.05) is 24.4 Å². The Bertz CT molecular complexity index is 1060. The highest BCUT2D eigenvalue weighted by Gasteiger charge is 2.21. The van der Waals surface area contributed by atoms with Crippen LogP contribution in [-0.4, -0.2) is 21.4 Å². The summed E-state index contributed by atoms with van der Waals surface area (Å²) in [5.74, 6) is -0.938. The van der Waals surface area contributed by atoms with Gasteiger partial charge in [0.05, 0.1) is 17.0 Å². The fourth-order valence-corrected chi connectivity index (χ4v) is 3.04. The Morgan fingerprint density at radius 3 is 2.52 bits per heavy atom. The van der Waals surface area contributed by atoms with Gasteiger partial charge in [-0.25, -0.2) is 4.79 Å². The Labute approximate surface area is 143 Å². The predicted molar refractivity (Wildman–Crippen MR) is 95.3 cm³/mol. The minimum atomic E-state index is -0.938. The maximum Gasteiger partial charge on any atom is 0.336 e. The zero-order valence-corrected chi connectivity index (χ0v) is 13.2. The number of benzene rings is 2. The Balaban J connectivity index is 1.67. The molecule has 0 amide bonds. The summed E-state index contributed by atoms with van der Waals surface area (Å²) in [6.07, 6.45) is 2.21. The number of pyridine rings is 1. The molecule has 3 aromatic rings. The summed E-state index contributed by atoms with van der Waals surface area (Å²) in [7, 11) is 0.